The molecule has 0 saturated heterocycles. The lowest BCUT2D eigenvalue weighted by Crippen LogP contribution is -2.18. The molecule has 26 heavy (non-hydrogen) atoms. The number of rotatable bonds is 5. The van der Waals surface area contributed by atoms with Crippen LogP contribution < -0.4 is 4.18 Å². The molecule has 3 aromatic rings. The molecule has 0 aliphatic rings. The monoisotopic (exact) mass is 460 g/mol. The molecule has 0 spiro atoms. The fourth-order valence-corrected chi connectivity index (χ4v) is 4.20. The minimum Gasteiger partial charge on any atom is -0.375 e. The van der Waals surface area contributed by atoms with Crippen LogP contribution in [0.3, 0.4) is 0 Å². The summed E-state index contributed by atoms with van der Waals surface area (Å²) >= 11 is 3.28. The molecular formula is C14H13BrN4O5S2. The fourth-order valence-electron chi connectivity index (χ4n) is 2.08. The number of hydrogen-bond donors (Lipinski definition) is 0. The third kappa shape index (κ3) is 3.27. The van der Waals surface area contributed by atoms with E-state index in [1.807, 2.05) is 18.2 Å². The average Bonchev–Trinajstić information content (AvgIpc) is 3.09. The molecule has 3 rings (SSSR count). The molecule has 0 atom stereocenters. The van der Waals surface area contributed by atoms with Crippen molar-refractivity contribution in [1.29, 1.82) is 0 Å². The van der Waals surface area contributed by atoms with Gasteiger partial charge in [0.1, 0.15) is 16.7 Å². The second kappa shape index (κ2) is 6.52. The Labute approximate surface area is 159 Å². The number of aromatic nitrogens is 3. The smallest absolute Gasteiger partial charge is 0.375 e. The first-order chi connectivity index (χ1) is 12.1. The van der Waals surface area contributed by atoms with E-state index in [0.717, 1.165) is 15.8 Å². The van der Waals surface area contributed by atoms with Gasteiger partial charge in [-0.3, -0.25) is 10.1 Å². The van der Waals surface area contributed by atoms with Crippen molar-refractivity contribution in [2.45, 2.75) is 5.16 Å². The Kier molecular flexibility index (Phi) is 4.67. The molecule has 0 bridgehead atoms. The van der Waals surface area contributed by atoms with Gasteiger partial charge < -0.3 is 4.18 Å². The Morgan fingerprint density at radius 1 is 1.19 bits per heavy atom. The summed E-state index contributed by atoms with van der Waals surface area (Å²) in [6.45, 7) is 0. The van der Waals surface area contributed by atoms with Gasteiger partial charge in [0, 0.05) is 17.9 Å². The zero-order valence-electron chi connectivity index (χ0n) is 13.6. The van der Waals surface area contributed by atoms with Crippen molar-refractivity contribution in [3.8, 4) is 5.75 Å². The van der Waals surface area contributed by atoms with Crippen molar-refractivity contribution < 1.29 is 16.9 Å². The van der Waals surface area contributed by atoms with Crippen LogP contribution in [0, 0.1) is 10.1 Å². The maximum atomic E-state index is 12.6. The Hall–Kier alpha value is -2.18. The molecular weight excluding hydrogens is 448 g/mol. The molecule has 0 unspecified atom stereocenters. The van der Waals surface area contributed by atoms with Gasteiger partial charge in [0.2, 0.25) is 0 Å². The van der Waals surface area contributed by atoms with E-state index in [9.17, 15) is 18.5 Å². The standard InChI is InChI=1S/C14H13BrN4O5S2/c1-25(2,19(20)21)18-9-16-14(17-18)26(22,23)24-13-11-6-4-3-5-10(11)7-8-12(13)15/h3-9H,1-2H3. The molecule has 0 saturated carbocycles. The highest BCUT2D eigenvalue weighted by molar-refractivity contribution is 9.10. The molecule has 9 nitrogen and oxygen atoms in total. The topological polar surface area (TPSA) is 117 Å². The van der Waals surface area contributed by atoms with E-state index in [2.05, 4.69) is 26.0 Å². The van der Waals surface area contributed by atoms with E-state index in [-0.39, 0.29) is 5.75 Å². The van der Waals surface area contributed by atoms with E-state index in [1.165, 1.54) is 12.5 Å². The first kappa shape index (κ1) is 18.6. The Balaban J connectivity index is 2.03. The van der Waals surface area contributed by atoms with Gasteiger partial charge in [0.15, 0.2) is 5.75 Å². The van der Waals surface area contributed by atoms with Crippen LogP contribution in [0.1, 0.15) is 0 Å². The lowest BCUT2D eigenvalue weighted by Gasteiger charge is -2.19. The highest BCUT2D eigenvalue weighted by atomic mass is 79.9. The number of benzene rings is 2. The highest BCUT2D eigenvalue weighted by Gasteiger charge is 2.32. The number of nitro groups is 1. The third-order valence-electron chi connectivity index (χ3n) is 3.52. The second-order valence-corrected chi connectivity index (χ2v) is 10.9. The number of fused-ring (bicyclic) bond motifs is 1. The summed E-state index contributed by atoms with van der Waals surface area (Å²) < 4.78 is 31.2. The van der Waals surface area contributed by atoms with Gasteiger partial charge in [-0.1, -0.05) is 30.3 Å². The van der Waals surface area contributed by atoms with Crippen LogP contribution in [0.25, 0.3) is 10.8 Å². The van der Waals surface area contributed by atoms with E-state index in [4.69, 9.17) is 4.18 Å². The summed E-state index contributed by atoms with van der Waals surface area (Å²) in [5.41, 5.74) is 0. The second-order valence-electron chi connectivity index (χ2n) is 5.51. The molecule has 1 heterocycles. The molecule has 0 aliphatic carbocycles. The lowest BCUT2D eigenvalue weighted by molar-refractivity contribution is -0.297. The van der Waals surface area contributed by atoms with E-state index < -0.39 is 30.0 Å². The first-order valence-electron chi connectivity index (χ1n) is 7.05. The maximum absolute atomic E-state index is 12.6. The van der Waals surface area contributed by atoms with Gasteiger partial charge >= 0.3 is 15.3 Å². The van der Waals surface area contributed by atoms with Crippen LogP contribution in [0.2, 0.25) is 0 Å². The van der Waals surface area contributed by atoms with Crippen molar-refractivity contribution in [2.75, 3.05) is 12.5 Å². The van der Waals surface area contributed by atoms with Gasteiger partial charge in [-0.25, -0.2) is 4.98 Å². The normalized spacial score (nSPS) is 12.9. The van der Waals surface area contributed by atoms with E-state index >= 15 is 0 Å². The van der Waals surface area contributed by atoms with E-state index in [1.54, 1.807) is 18.2 Å². The van der Waals surface area contributed by atoms with Gasteiger partial charge in [-0.15, -0.1) is 5.10 Å². The Morgan fingerprint density at radius 2 is 1.88 bits per heavy atom. The molecule has 0 radical (unpaired) electrons. The summed E-state index contributed by atoms with van der Waals surface area (Å²) in [7, 11) is -6.97. The van der Waals surface area contributed by atoms with Gasteiger partial charge in [-0.05, 0) is 27.4 Å². The predicted molar refractivity (Wildman–Crippen MR) is 101 cm³/mol. The fraction of sp³-hybridized carbons (Fsp3) is 0.143. The molecule has 12 heteroatoms. The lowest BCUT2D eigenvalue weighted by atomic mass is 10.1. The van der Waals surface area contributed by atoms with Crippen LogP contribution in [-0.2, 0) is 10.1 Å². The van der Waals surface area contributed by atoms with Crippen molar-refractivity contribution in [3.63, 3.8) is 0 Å². The van der Waals surface area contributed by atoms with Gasteiger partial charge in [0.05, 0.1) is 8.80 Å². The minimum absolute atomic E-state index is 0.0975. The number of halogens is 1. The number of nitrogens with zero attached hydrogens (tertiary/aromatic N) is 4. The summed E-state index contributed by atoms with van der Waals surface area (Å²) in [5, 5.41) is 15.6. The average molecular weight is 461 g/mol. The minimum atomic E-state index is -4.37. The molecule has 2 aromatic carbocycles. The van der Waals surface area contributed by atoms with Gasteiger partial charge in [0.25, 0.3) is 0 Å². The van der Waals surface area contributed by atoms with Gasteiger partial charge in [-0.2, -0.15) is 12.5 Å². The maximum Gasteiger partial charge on any atom is 0.377 e. The van der Waals surface area contributed by atoms with E-state index in [0.29, 0.717) is 9.86 Å². The van der Waals surface area contributed by atoms with Crippen molar-refractivity contribution in [3.05, 3.63) is 57.3 Å². The third-order valence-corrected chi connectivity index (χ3v) is 6.99. The van der Waals surface area contributed by atoms with Crippen LogP contribution in [-0.4, -0.2) is 39.4 Å². The first-order valence-corrected chi connectivity index (χ1v) is 11.6. The largest absolute Gasteiger partial charge is 0.377 e. The molecule has 0 aliphatic heterocycles. The summed E-state index contributed by atoms with van der Waals surface area (Å²) in [5.74, 6) is 0.0975. The highest BCUT2D eigenvalue weighted by Crippen LogP contribution is 2.40. The molecule has 0 amide bonds. The number of hydrogen-bond acceptors (Lipinski definition) is 7. The zero-order valence-corrected chi connectivity index (χ0v) is 16.8. The summed E-state index contributed by atoms with van der Waals surface area (Å²) in [4.78, 5) is 14.8. The SMILES string of the molecule is CS(C)(n1cnc(S(=O)(=O)Oc2c(Br)ccc3ccccc23)n1)[N+](=O)[O-]. The van der Waals surface area contributed by atoms with Crippen molar-refractivity contribution in [2.24, 2.45) is 0 Å². The Morgan fingerprint density at radius 3 is 2.58 bits per heavy atom. The van der Waals surface area contributed by atoms with Crippen LogP contribution >= 0.6 is 26.3 Å². The predicted octanol–water partition coefficient (Wildman–Crippen LogP) is 2.98. The summed E-state index contributed by atoms with van der Waals surface area (Å²) in [6, 6.07) is 10.6. The quantitative estimate of drug-likeness (QED) is 0.326. The van der Waals surface area contributed by atoms with Crippen molar-refractivity contribution >= 4 is 47.2 Å². The zero-order chi connectivity index (χ0) is 19.1. The molecule has 0 N–H and O–H groups in total. The van der Waals surface area contributed by atoms with Crippen molar-refractivity contribution in [1.82, 2.24) is 14.2 Å². The summed E-state index contributed by atoms with van der Waals surface area (Å²) in [6.07, 6.45) is 3.74. The molecule has 0 fully saturated rings. The Bertz CT molecular complexity index is 1110. The van der Waals surface area contributed by atoms with Crippen LogP contribution in [0.15, 0.2) is 52.4 Å². The molecule has 138 valence electrons. The molecule has 1 aromatic heterocycles. The van der Waals surface area contributed by atoms with Crippen LogP contribution in [0.5, 0.6) is 5.75 Å². The van der Waals surface area contributed by atoms with Crippen LogP contribution in [0.4, 0.5) is 0 Å².